The van der Waals surface area contributed by atoms with E-state index in [1.165, 1.54) is 11.3 Å². The van der Waals surface area contributed by atoms with Crippen molar-refractivity contribution in [3.8, 4) is 5.75 Å². The number of nitrogens with zero attached hydrogens (tertiary/aromatic N) is 4. The van der Waals surface area contributed by atoms with Gasteiger partial charge in [-0.3, -0.25) is 14.6 Å². The van der Waals surface area contributed by atoms with Crippen LogP contribution in [0, 0.1) is 0 Å². The summed E-state index contributed by atoms with van der Waals surface area (Å²) in [6.07, 6.45) is 9.78. The van der Waals surface area contributed by atoms with Crippen molar-refractivity contribution in [3.63, 3.8) is 0 Å². The molecule has 0 bridgehead atoms. The molecule has 2 aromatic heterocycles. The molecule has 0 aromatic carbocycles. The smallest absolute Gasteiger partial charge is 0.137 e. The summed E-state index contributed by atoms with van der Waals surface area (Å²) < 4.78 is 13.7. The van der Waals surface area contributed by atoms with Gasteiger partial charge in [0.05, 0.1) is 25.1 Å². The van der Waals surface area contributed by atoms with Crippen LogP contribution in [0.3, 0.4) is 0 Å². The van der Waals surface area contributed by atoms with Crippen molar-refractivity contribution in [1.29, 1.82) is 0 Å². The van der Waals surface area contributed by atoms with Crippen LogP contribution in [0.2, 0.25) is 0 Å². The second-order valence-electron chi connectivity index (χ2n) is 6.60. The maximum Gasteiger partial charge on any atom is 0.137 e. The van der Waals surface area contributed by atoms with E-state index in [1.54, 1.807) is 12.4 Å². The fourth-order valence-electron chi connectivity index (χ4n) is 3.47. The van der Waals surface area contributed by atoms with E-state index in [4.69, 9.17) is 9.47 Å². The third-order valence-electron chi connectivity index (χ3n) is 4.83. The molecule has 0 saturated carbocycles. The first-order valence-electron chi connectivity index (χ1n) is 8.92. The van der Waals surface area contributed by atoms with Crippen LogP contribution < -0.4 is 4.74 Å². The Morgan fingerprint density at radius 3 is 3.12 bits per heavy atom. The Balaban J connectivity index is 1.47. The van der Waals surface area contributed by atoms with Gasteiger partial charge in [0.25, 0.3) is 0 Å². The lowest BCUT2D eigenvalue weighted by molar-refractivity contribution is 0.113. The van der Waals surface area contributed by atoms with Crippen molar-refractivity contribution in [2.75, 3.05) is 26.4 Å². The summed E-state index contributed by atoms with van der Waals surface area (Å²) in [6, 6.07) is 6.31. The minimum atomic E-state index is 0.338. The molecule has 2 aromatic rings. The molecule has 25 heavy (non-hydrogen) atoms. The molecule has 4 heterocycles. The predicted molar refractivity (Wildman–Crippen MR) is 94.3 cm³/mol. The first-order chi connectivity index (χ1) is 12.4. The third kappa shape index (κ3) is 4.08. The SMILES string of the molecule is C1=C(CN2Cc3ccnn3CC[C@@H]2COc2cccnc2)COCC1. The largest absolute Gasteiger partial charge is 0.490 e. The summed E-state index contributed by atoms with van der Waals surface area (Å²) in [5.41, 5.74) is 2.63. The lowest BCUT2D eigenvalue weighted by atomic mass is 10.1. The molecular formula is C19H24N4O2. The molecule has 1 atom stereocenters. The molecule has 2 aliphatic heterocycles. The zero-order valence-electron chi connectivity index (χ0n) is 14.4. The Hall–Kier alpha value is -2.18. The number of aryl methyl sites for hydroxylation is 1. The van der Waals surface area contributed by atoms with E-state index in [-0.39, 0.29) is 0 Å². The Morgan fingerprint density at radius 2 is 2.28 bits per heavy atom. The predicted octanol–water partition coefficient (Wildman–Crippen LogP) is 2.28. The maximum absolute atomic E-state index is 6.01. The van der Waals surface area contributed by atoms with Gasteiger partial charge >= 0.3 is 0 Å². The quantitative estimate of drug-likeness (QED) is 0.782. The molecule has 0 fully saturated rings. The average molecular weight is 340 g/mol. The van der Waals surface area contributed by atoms with E-state index >= 15 is 0 Å². The molecule has 0 aliphatic carbocycles. The highest BCUT2D eigenvalue weighted by molar-refractivity contribution is 5.16. The number of hydrogen-bond donors (Lipinski definition) is 0. The number of pyridine rings is 1. The number of aromatic nitrogens is 3. The van der Waals surface area contributed by atoms with Crippen molar-refractivity contribution in [1.82, 2.24) is 19.7 Å². The molecule has 0 spiro atoms. The van der Waals surface area contributed by atoms with Crippen molar-refractivity contribution in [3.05, 3.63) is 54.1 Å². The molecule has 6 nitrogen and oxygen atoms in total. The van der Waals surface area contributed by atoms with Crippen molar-refractivity contribution >= 4 is 0 Å². The zero-order chi connectivity index (χ0) is 16.9. The number of rotatable bonds is 5. The van der Waals surface area contributed by atoms with Crippen LogP contribution in [-0.2, 0) is 17.8 Å². The highest BCUT2D eigenvalue weighted by Gasteiger charge is 2.26. The molecule has 0 unspecified atom stereocenters. The Morgan fingerprint density at radius 1 is 1.28 bits per heavy atom. The minimum Gasteiger partial charge on any atom is -0.490 e. The van der Waals surface area contributed by atoms with Gasteiger partial charge in [-0.05, 0) is 36.6 Å². The summed E-state index contributed by atoms with van der Waals surface area (Å²) in [5, 5.41) is 4.45. The van der Waals surface area contributed by atoms with Crippen LogP contribution in [0.4, 0.5) is 0 Å². The van der Waals surface area contributed by atoms with E-state index in [2.05, 4.69) is 31.8 Å². The zero-order valence-corrected chi connectivity index (χ0v) is 14.4. The van der Waals surface area contributed by atoms with Crippen LogP contribution in [0.15, 0.2) is 48.4 Å². The fraction of sp³-hybridized carbons (Fsp3) is 0.474. The molecule has 0 N–H and O–H groups in total. The second kappa shape index (κ2) is 7.80. The monoisotopic (exact) mass is 340 g/mol. The molecule has 0 saturated heterocycles. The summed E-state index contributed by atoms with van der Waals surface area (Å²) >= 11 is 0. The molecule has 6 heteroatoms. The molecule has 0 amide bonds. The van der Waals surface area contributed by atoms with Gasteiger partial charge in [-0.1, -0.05) is 6.08 Å². The van der Waals surface area contributed by atoms with Crippen LogP contribution >= 0.6 is 0 Å². The van der Waals surface area contributed by atoms with Crippen LogP contribution in [0.1, 0.15) is 18.5 Å². The van der Waals surface area contributed by atoms with Gasteiger partial charge in [-0.15, -0.1) is 0 Å². The average Bonchev–Trinajstić information content (AvgIpc) is 3.03. The van der Waals surface area contributed by atoms with Gasteiger partial charge in [-0.25, -0.2) is 0 Å². The lowest BCUT2D eigenvalue weighted by Gasteiger charge is -2.31. The molecule has 2 aliphatic rings. The van der Waals surface area contributed by atoms with Crippen molar-refractivity contribution < 1.29 is 9.47 Å². The molecular weight excluding hydrogens is 316 g/mol. The van der Waals surface area contributed by atoms with Gasteiger partial charge < -0.3 is 9.47 Å². The van der Waals surface area contributed by atoms with E-state index in [0.29, 0.717) is 12.6 Å². The van der Waals surface area contributed by atoms with E-state index in [9.17, 15) is 0 Å². The van der Waals surface area contributed by atoms with E-state index in [1.807, 2.05) is 18.3 Å². The standard InChI is InChI=1S/C19H24N4O2/c1-4-19(11-20-7-1)25-15-18-6-9-23-17(5-8-21-23)13-22(18)12-16-3-2-10-24-14-16/h1,3-5,7-8,11,18H,2,6,9-10,12-15H2/t18-/m1/s1. The van der Waals surface area contributed by atoms with E-state index < -0.39 is 0 Å². The highest BCUT2D eigenvalue weighted by atomic mass is 16.5. The van der Waals surface area contributed by atoms with Crippen LogP contribution in [0.25, 0.3) is 0 Å². The number of hydrogen-bond acceptors (Lipinski definition) is 5. The summed E-state index contributed by atoms with van der Waals surface area (Å²) in [7, 11) is 0. The minimum absolute atomic E-state index is 0.338. The third-order valence-corrected chi connectivity index (χ3v) is 4.83. The highest BCUT2D eigenvalue weighted by Crippen LogP contribution is 2.21. The van der Waals surface area contributed by atoms with Gasteiger partial charge in [-0.2, -0.15) is 5.10 Å². The summed E-state index contributed by atoms with van der Waals surface area (Å²) in [5.74, 6) is 0.824. The first-order valence-corrected chi connectivity index (χ1v) is 8.92. The topological polar surface area (TPSA) is 52.4 Å². The molecule has 0 radical (unpaired) electrons. The normalized spacial score (nSPS) is 21.3. The summed E-state index contributed by atoms with van der Waals surface area (Å²) in [4.78, 5) is 6.62. The second-order valence-corrected chi connectivity index (χ2v) is 6.60. The molecule has 132 valence electrons. The molecule has 4 rings (SSSR count). The lowest BCUT2D eigenvalue weighted by Crippen LogP contribution is -2.40. The Bertz CT molecular complexity index is 713. The van der Waals surface area contributed by atoms with Crippen LogP contribution in [-0.4, -0.2) is 52.1 Å². The van der Waals surface area contributed by atoms with Gasteiger partial charge in [0.2, 0.25) is 0 Å². The number of ether oxygens (including phenoxy) is 2. The first kappa shape index (κ1) is 16.3. The van der Waals surface area contributed by atoms with Gasteiger partial charge in [0, 0.05) is 38.1 Å². The summed E-state index contributed by atoms with van der Waals surface area (Å²) in [6.45, 7) is 4.97. The Kier molecular flexibility index (Phi) is 5.09. The van der Waals surface area contributed by atoms with Crippen molar-refractivity contribution in [2.45, 2.75) is 32.0 Å². The Labute approximate surface area is 148 Å². The van der Waals surface area contributed by atoms with Gasteiger partial charge in [0.1, 0.15) is 12.4 Å². The van der Waals surface area contributed by atoms with Crippen LogP contribution in [0.5, 0.6) is 5.75 Å². The van der Waals surface area contributed by atoms with Crippen molar-refractivity contribution in [2.24, 2.45) is 0 Å². The van der Waals surface area contributed by atoms with Gasteiger partial charge in [0.15, 0.2) is 0 Å². The number of fused-ring (bicyclic) bond motifs is 1. The fourth-order valence-corrected chi connectivity index (χ4v) is 3.47. The van der Waals surface area contributed by atoms with E-state index in [0.717, 1.165) is 51.4 Å². The maximum atomic E-state index is 6.01.